The number of aromatic hydroxyl groups is 1. The Morgan fingerprint density at radius 2 is 2.06 bits per heavy atom. The zero-order valence-corrected chi connectivity index (χ0v) is 22.4. The Morgan fingerprint density at radius 3 is 2.83 bits per heavy atom. The molecular weight excluding hydrogens is 517 g/mol. The van der Waals surface area contributed by atoms with Crippen LogP contribution in [0.2, 0.25) is 0 Å². The largest absolute Gasteiger partial charge is 0.506 e. The Morgan fingerprint density at radius 1 is 1.25 bits per heavy atom. The van der Waals surface area contributed by atoms with Gasteiger partial charge in [-0.25, -0.2) is 0 Å². The third-order valence-electron chi connectivity index (χ3n) is 7.26. The molecule has 1 fully saturated rings. The predicted octanol–water partition coefficient (Wildman–Crippen LogP) is 6.28. The Kier molecular flexibility index (Phi) is 7.10. The number of alkyl halides is 1. The lowest BCUT2D eigenvalue weighted by atomic mass is 9.97. The van der Waals surface area contributed by atoms with Gasteiger partial charge in [0, 0.05) is 47.2 Å². The van der Waals surface area contributed by atoms with Crippen molar-refractivity contribution in [3.05, 3.63) is 52.5 Å². The van der Waals surface area contributed by atoms with E-state index in [1.807, 2.05) is 36.6 Å². The second-order valence-corrected chi connectivity index (χ2v) is 10.7. The molecule has 0 spiro atoms. The number of halogens is 2. The van der Waals surface area contributed by atoms with Crippen LogP contribution in [0, 0.1) is 6.92 Å². The van der Waals surface area contributed by atoms with Crippen molar-refractivity contribution in [3.8, 4) is 11.5 Å². The number of hydrogen-bond acceptors (Lipinski definition) is 5. The van der Waals surface area contributed by atoms with E-state index in [2.05, 4.69) is 9.88 Å². The molecule has 9 heteroatoms. The Bertz CT molecular complexity index is 1430. The number of nitrogens with one attached hydrogen (secondary N) is 1. The van der Waals surface area contributed by atoms with E-state index in [0.717, 1.165) is 63.2 Å². The van der Waals surface area contributed by atoms with Crippen LogP contribution in [0.15, 0.2) is 35.7 Å². The van der Waals surface area contributed by atoms with Gasteiger partial charge in [0.15, 0.2) is 0 Å². The summed E-state index contributed by atoms with van der Waals surface area (Å²) >= 11 is 7.88. The minimum atomic E-state index is -0.127. The predicted molar refractivity (Wildman–Crippen MR) is 150 cm³/mol. The third kappa shape index (κ3) is 4.32. The molecule has 1 amide bonds. The molecule has 0 bridgehead atoms. The number of aryl methyl sites for hydroxylation is 1. The van der Waals surface area contributed by atoms with Gasteiger partial charge in [-0.1, -0.05) is 0 Å². The van der Waals surface area contributed by atoms with Gasteiger partial charge in [0.25, 0.3) is 5.91 Å². The average Bonchev–Trinajstić information content (AvgIpc) is 3.64. The lowest BCUT2D eigenvalue weighted by Crippen LogP contribution is -2.30. The number of thiophene rings is 1. The first kappa shape index (κ1) is 25.2. The molecule has 2 aliphatic rings. The number of likely N-dealkylation sites (tertiary alicyclic amines) is 1. The Labute approximate surface area is 225 Å². The van der Waals surface area contributed by atoms with E-state index in [1.54, 1.807) is 11.0 Å². The SMILES string of the molecule is Cc1csc2c(O)cc3c(c12)[C@@H](CCl)CN3C(=O)c1cc2cc(OCCN3CCCC3)ccc2[nH]1.Cl. The second-order valence-electron chi connectivity index (χ2n) is 9.55. The van der Waals surface area contributed by atoms with E-state index in [1.165, 1.54) is 24.2 Å². The van der Waals surface area contributed by atoms with Crippen molar-refractivity contribution in [2.45, 2.75) is 25.7 Å². The first-order valence-corrected chi connectivity index (χ1v) is 13.5. The van der Waals surface area contributed by atoms with Gasteiger partial charge in [0.1, 0.15) is 23.8 Å². The molecule has 0 unspecified atom stereocenters. The van der Waals surface area contributed by atoms with E-state index >= 15 is 0 Å². The van der Waals surface area contributed by atoms with Gasteiger partial charge in [-0.05, 0) is 73.6 Å². The van der Waals surface area contributed by atoms with E-state index < -0.39 is 0 Å². The highest BCUT2D eigenvalue weighted by Gasteiger charge is 2.36. The molecule has 4 heterocycles. The van der Waals surface area contributed by atoms with Crippen LogP contribution in [-0.4, -0.2) is 59.6 Å². The lowest BCUT2D eigenvalue weighted by Gasteiger charge is -2.17. The van der Waals surface area contributed by atoms with Crippen LogP contribution in [-0.2, 0) is 0 Å². The van der Waals surface area contributed by atoms with Crippen molar-refractivity contribution in [2.75, 3.05) is 43.6 Å². The van der Waals surface area contributed by atoms with Crippen molar-refractivity contribution in [3.63, 3.8) is 0 Å². The second kappa shape index (κ2) is 10.1. The summed E-state index contributed by atoms with van der Waals surface area (Å²) in [5, 5.41) is 14.7. The molecule has 2 N–H and O–H groups in total. The first-order chi connectivity index (χ1) is 17.0. The van der Waals surface area contributed by atoms with Crippen molar-refractivity contribution >= 4 is 67.9 Å². The molecule has 36 heavy (non-hydrogen) atoms. The van der Waals surface area contributed by atoms with Crippen LogP contribution < -0.4 is 9.64 Å². The monoisotopic (exact) mass is 545 g/mol. The summed E-state index contributed by atoms with van der Waals surface area (Å²) < 4.78 is 6.84. The lowest BCUT2D eigenvalue weighted by molar-refractivity contribution is 0.0984. The van der Waals surface area contributed by atoms with Crippen molar-refractivity contribution in [2.24, 2.45) is 0 Å². The van der Waals surface area contributed by atoms with Gasteiger partial charge in [-0.3, -0.25) is 9.69 Å². The van der Waals surface area contributed by atoms with Crippen LogP contribution >= 0.6 is 35.3 Å². The van der Waals surface area contributed by atoms with Crippen molar-refractivity contribution in [1.82, 2.24) is 9.88 Å². The zero-order chi connectivity index (χ0) is 24.1. The first-order valence-electron chi connectivity index (χ1n) is 12.1. The normalized spacial score (nSPS) is 17.6. The number of phenols is 1. The minimum absolute atomic E-state index is 0. The van der Waals surface area contributed by atoms with Crippen molar-refractivity contribution in [1.29, 1.82) is 0 Å². The molecule has 2 aliphatic heterocycles. The summed E-state index contributed by atoms with van der Waals surface area (Å²) in [6.45, 7) is 6.44. The molecule has 0 radical (unpaired) electrons. The van der Waals surface area contributed by atoms with Gasteiger partial charge in [-0.2, -0.15) is 0 Å². The smallest absolute Gasteiger partial charge is 0.274 e. The average molecular weight is 547 g/mol. The van der Waals surface area contributed by atoms with E-state index in [0.29, 0.717) is 24.7 Å². The van der Waals surface area contributed by atoms with Gasteiger partial charge < -0.3 is 19.7 Å². The number of ether oxygens (including phenoxy) is 1. The Hall–Kier alpha value is -2.45. The van der Waals surface area contributed by atoms with E-state index in [4.69, 9.17) is 16.3 Å². The molecule has 6 rings (SSSR count). The van der Waals surface area contributed by atoms with Gasteiger partial charge >= 0.3 is 0 Å². The number of hydrogen-bond donors (Lipinski definition) is 2. The van der Waals surface area contributed by atoms with Crippen molar-refractivity contribution < 1.29 is 14.6 Å². The Balaban J connectivity index is 0.00000267. The number of H-pyrrole nitrogens is 1. The molecule has 2 aromatic heterocycles. The fourth-order valence-corrected chi connectivity index (χ4v) is 6.73. The highest BCUT2D eigenvalue weighted by Crippen LogP contribution is 2.48. The number of nitrogens with zero attached hydrogens (tertiary/aromatic N) is 2. The maximum atomic E-state index is 13.7. The summed E-state index contributed by atoms with van der Waals surface area (Å²) in [6.07, 6.45) is 2.55. The molecule has 190 valence electrons. The summed E-state index contributed by atoms with van der Waals surface area (Å²) in [6, 6.07) is 9.48. The molecule has 2 aromatic carbocycles. The van der Waals surface area contributed by atoms with E-state index in [-0.39, 0.29) is 30.0 Å². The highest BCUT2D eigenvalue weighted by atomic mass is 35.5. The topological polar surface area (TPSA) is 68.8 Å². The summed E-state index contributed by atoms with van der Waals surface area (Å²) in [5.74, 6) is 1.32. The van der Waals surface area contributed by atoms with Gasteiger partial charge in [0.2, 0.25) is 0 Å². The number of aromatic nitrogens is 1. The zero-order valence-electron chi connectivity index (χ0n) is 20.1. The number of aromatic amines is 1. The molecule has 0 aliphatic carbocycles. The number of benzene rings is 2. The number of amides is 1. The van der Waals surface area contributed by atoms with Crippen LogP contribution in [0.4, 0.5) is 5.69 Å². The number of phenolic OH excluding ortho intramolecular Hbond substituents is 1. The minimum Gasteiger partial charge on any atom is -0.506 e. The molecule has 1 saturated heterocycles. The quantitative estimate of drug-likeness (QED) is 0.280. The van der Waals surface area contributed by atoms with Crippen LogP contribution in [0.3, 0.4) is 0 Å². The van der Waals surface area contributed by atoms with E-state index in [9.17, 15) is 9.90 Å². The van der Waals surface area contributed by atoms with Crippen LogP contribution in [0.1, 0.15) is 40.4 Å². The maximum absolute atomic E-state index is 13.7. The third-order valence-corrected chi connectivity index (χ3v) is 8.75. The highest BCUT2D eigenvalue weighted by molar-refractivity contribution is 7.17. The van der Waals surface area contributed by atoms with Crippen LogP contribution in [0.25, 0.3) is 21.0 Å². The number of anilines is 1. The molecule has 0 saturated carbocycles. The number of rotatable bonds is 6. The van der Waals surface area contributed by atoms with Gasteiger partial charge in [-0.15, -0.1) is 35.3 Å². The summed E-state index contributed by atoms with van der Waals surface area (Å²) in [7, 11) is 0. The fraction of sp³-hybridized carbons (Fsp3) is 0.370. The molecule has 6 nitrogen and oxygen atoms in total. The summed E-state index contributed by atoms with van der Waals surface area (Å²) in [5.41, 5.74) is 4.31. The summed E-state index contributed by atoms with van der Waals surface area (Å²) in [4.78, 5) is 21.1. The maximum Gasteiger partial charge on any atom is 0.274 e. The molecule has 1 atom stereocenters. The fourth-order valence-electron chi connectivity index (χ4n) is 5.49. The van der Waals surface area contributed by atoms with Gasteiger partial charge in [0.05, 0.1) is 10.4 Å². The number of carbonyl (C=O) groups is 1. The molecular formula is C27H29Cl2N3O3S. The standard InChI is InChI=1S/C27H28ClN3O3S.ClH/c1-16-15-35-26-23(32)12-22-25(24(16)26)18(13-28)14-31(22)27(33)21-11-17-10-19(4-5-20(17)29-21)34-9-8-30-6-2-3-7-30;/h4-5,10-12,15,18,29,32H,2-3,6-9,13-14H2,1H3;1H/t18-;/m0./s1. The van der Waals surface area contributed by atoms with Crippen LogP contribution in [0.5, 0.6) is 11.5 Å². The molecule has 4 aromatic rings. The number of carbonyl (C=O) groups excluding carboxylic acids is 1. The number of fused-ring (bicyclic) bond motifs is 4.